The minimum absolute atomic E-state index is 0.0229. The van der Waals surface area contributed by atoms with Gasteiger partial charge in [0.2, 0.25) is 0 Å². The molecule has 0 radical (unpaired) electrons. The fourth-order valence-corrected chi connectivity index (χ4v) is 5.54. The first-order valence-electron chi connectivity index (χ1n) is 18.8. The number of aliphatic hydroxyl groups excluding tert-OH is 1. The maximum atomic E-state index is 12.6. The van der Waals surface area contributed by atoms with Gasteiger partial charge in [-0.2, -0.15) is 0 Å². The second-order valence-corrected chi connectivity index (χ2v) is 13.8. The number of hydrogen-bond donors (Lipinski definition) is 3. The Morgan fingerprint density at radius 3 is 1.62 bits per heavy atom. The third-order valence-corrected chi connectivity index (χ3v) is 8.99. The molecule has 0 amide bonds. The summed E-state index contributed by atoms with van der Waals surface area (Å²) in [5.41, 5.74) is 0.174. The van der Waals surface area contributed by atoms with Crippen molar-refractivity contribution < 1.29 is 33.7 Å². The molecule has 2 aromatic heterocycles. The molecule has 4 atom stereocenters. The van der Waals surface area contributed by atoms with Crippen molar-refractivity contribution in [2.45, 2.75) is 139 Å². The molecule has 2 heterocycles. The van der Waals surface area contributed by atoms with Crippen LogP contribution in [0.4, 0.5) is 0 Å². The van der Waals surface area contributed by atoms with Crippen LogP contribution >= 0.6 is 0 Å². The first kappa shape index (κ1) is 46.5. The molecule has 0 saturated carbocycles. The summed E-state index contributed by atoms with van der Waals surface area (Å²) in [4.78, 5) is 49.8. The van der Waals surface area contributed by atoms with Crippen molar-refractivity contribution >= 4 is 11.6 Å². The van der Waals surface area contributed by atoms with Crippen LogP contribution in [0.5, 0.6) is 11.5 Å². The van der Waals surface area contributed by atoms with Gasteiger partial charge >= 0.3 is 11.3 Å². The minimum Gasteiger partial charge on any atom is -0.507 e. The molecule has 0 bridgehead atoms. The average Bonchev–Trinajstić information content (AvgIpc) is 3.09. The summed E-state index contributed by atoms with van der Waals surface area (Å²) in [5.74, 6) is -2.04. The zero-order valence-electron chi connectivity index (χ0n) is 33.5. The standard InChI is InChI=1S/C22H32O5.C22H30O4/c1-6-8-9-11-15(4)19-13-18(24)20(22(26)27-19)21(25)16(5)17(23)12-14(3)10-7-2;1-6-8-9-11-16(4)19-14-18(23)20(22(25)26-19)21(24)17(5)13-12-15(3)10-7-2/h6,8,12-13,15-17,23-24H,7,9-11H2,1-5H3;6,8,12-14,16,23H,7,9-11H2,1-5H3/b8-6+,14-12+;8-6+,15-12+,17-13+. The van der Waals surface area contributed by atoms with Crippen molar-refractivity contribution in [2.75, 3.05) is 0 Å². The molecule has 2 aromatic rings. The zero-order chi connectivity index (χ0) is 40.2. The van der Waals surface area contributed by atoms with Crippen LogP contribution in [0, 0.1) is 5.92 Å². The SMILES string of the molecule is C/C=C/CCC(C)c1cc(O)c(C(=O)/C(C)=C/C=C(\C)CCC)c(=O)o1.C/C=C/CCC(C)c1cc(O)c(C(=O)C(C)C(O)/C=C(\C)CCC)c(=O)o1. The molecule has 2 rings (SSSR count). The van der Waals surface area contributed by atoms with E-state index in [2.05, 4.69) is 6.92 Å². The number of aliphatic hydroxyl groups is 1. The van der Waals surface area contributed by atoms with Gasteiger partial charge in [0.15, 0.2) is 11.6 Å². The number of carbonyl (C=O) groups excluding carboxylic acids is 2. The van der Waals surface area contributed by atoms with E-state index in [1.165, 1.54) is 19.1 Å². The van der Waals surface area contributed by atoms with E-state index in [4.69, 9.17) is 8.83 Å². The lowest BCUT2D eigenvalue weighted by molar-refractivity contribution is 0.0796. The van der Waals surface area contributed by atoms with Crippen LogP contribution in [0.2, 0.25) is 0 Å². The summed E-state index contributed by atoms with van der Waals surface area (Å²) in [7, 11) is 0. The fraction of sp³-hybridized carbons (Fsp3) is 0.500. The number of carbonyl (C=O) groups is 2. The third-order valence-electron chi connectivity index (χ3n) is 8.99. The number of allylic oxidation sites excluding steroid dienone is 9. The molecule has 9 nitrogen and oxygen atoms in total. The molecular formula is C44H62O9. The maximum absolute atomic E-state index is 12.6. The second-order valence-electron chi connectivity index (χ2n) is 13.8. The van der Waals surface area contributed by atoms with Gasteiger partial charge < -0.3 is 24.2 Å². The van der Waals surface area contributed by atoms with Gasteiger partial charge in [-0.25, -0.2) is 9.59 Å². The molecule has 0 aliphatic heterocycles. The maximum Gasteiger partial charge on any atom is 0.351 e. The number of ketones is 2. The van der Waals surface area contributed by atoms with Crippen LogP contribution in [-0.4, -0.2) is 33.0 Å². The van der Waals surface area contributed by atoms with E-state index in [1.807, 2.05) is 78.8 Å². The summed E-state index contributed by atoms with van der Waals surface area (Å²) in [6.45, 7) is 18.9. The Morgan fingerprint density at radius 2 is 1.19 bits per heavy atom. The Kier molecular flexibility index (Phi) is 21.0. The van der Waals surface area contributed by atoms with Gasteiger partial charge in [-0.3, -0.25) is 9.59 Å². The van der Waals surface area contributed by atoms with Gasteiger partial charge in [0.05, 0.1) is 6.10 Å². The molecule has 0 saturated heterocycles. The summed E-state index contributed by atoms with van der Waals surface area (Å²) in [6, 6.07) is 2.73. The van der Waals surface area contributed by atoms with Crippen LogP contribution in [-0.2, 0) is 0 Å². The van der Waals surface area contributed by atoms with Gasteiger partial charge in [-0.1, -0.05) is 101 Å². The van der Waals surface area contributed by atoms with Gasteiger partial charge in [-0.15, -0.1) is 0 Å². The molecule has 0 aromatic carbocycles. The summed E-state index contributed by atoms with van der Waals surface area (Å²) in [5, 5.41) is 30.8. The summed E-state index contributed by atoms with van der Waals surface area (Å²) in [6.07, 6.45) is 19.1. The normalized spacial score (nSPS) is 14.9. The fourth-order valence-electron chi connectivity index (χ4n) is 5.54. The lowest BCUT2D eigenvalue weighted by atomic mass is 9.92. The lowest BCUT2D eigenvalue weighted by Gasteiger charge is -2.16. The highest BCUT2D eigenvalue weighted by atomic mass is 16.4. The van der Waals surface area contributed by atoms with Crippen LogP contribution < -0.4 is 11.3 Å². The Balaban J connectivity index is 0.000000530. The highest BCUT2D eigenvalue weighted by Gasteiger charge is 2.29. The van der Waals surface area contributed by atoms with Gasteiger partial charge in [0.1, 0.15) is 34.1 Å². The average molecular weight is 735 g/mol. The van der Waals surface area contributed by atoms with Crippen molar-refractivity contribution in [2.24, 2.45) is 5.92 Å². The monoisotopic (exact) mass is 734 g/mol. The largest absolute Gasteiger partial charge is 0.507 e. The summed E-state index contributed by atoms with van der Waals surface area (Å²) < 4.78 is 10.6. The highest BCUT2D eigenvalue weighted by Crippen LogP contribution is 2.28. The van der Waals surface area contributed by atoms with Crippen molar-refractivity contribution in [1.29, 1.82) is 0 Å². The summed E-state index contributed by atoms with van der Waals surface area (Å²) >= 11 is 0. The van der Waals surface area contributed by atoms with E-state index in [0.717, 1.165) is 62.5 Å². The minimum atomic E-state index is -1.03. The van der Waals surface area contributed by atoms with E-state index in [0.29, 0.717) is 17.1 Å². The van der Waals surface area contributed by atoms with Crippen LogP contribution in [0.3, 0.4) is 0 Å². The predicted molar refractivity (Wildman–Crippen MR) is 213 cm³/mol. The molecule has 0 fully saturated rings. The first-order valence-corrected chi connectivity index (χ1v) is 18.8. The molecule has 3 N–H and O–H groups in total. The lowest BCUT2D eigenvalue weighted by Crippen LogP contribution is -2.28. The van der Waals surface area contributed by atoms with Gasteiger partial charge in [-0.05, 0) is 78.7 Å². The van der Waals surface area contributed by atoms with Crippen LogP contribution in [0.1, 0.15) is 165 Å². The van der Waals surface area contributed by atoms with Crippen LogP contribution in [0.15, 0.2) is 89.8 Å². The number of hydrogen-bond acceptors (Lipinski definition) is 9. The van der Waals surface area contributed by atoms with E-state index in [-0.39, 0.29) is 23.1 Å². The number of aromatic hydroxyl groups is 2. The quantitative estimate of drug-likeness (QED) is 0.0553. The first-order chi connectivity index (χ1) is 25.0. The molecule has 9 heteroatoms. The molecule has 292 valence electrons. The third kappa shape index (κ3) is 15.2. The van der Waals surface area contributed by atoms with Crippen LogP contribution in [0.25, 0.3) is 0 Å². The van der Waals surface area contributed by atoms with Gasteiger partial charge in [0.25, 0.3) is 0 Å². The molecule has 0 spiro atoms. The van der Waals surface area contributed by atoms with E-state index in [1.54, 1.807) is 19.1 Å². The molecule has 4 unspecified atom stereocenters. The van der Waals surface area contributed by atoms with E-state index >= 15 is 0 Å². The molecule has 0 aliphatic rings. The van der Waals surface area contributed by atoms with E-state index < -0.39 is 46.2 Å². The predicted octanol–water partition coefficient (Wildman–Crippen LogP) is 10.4. The molecular weight excluding hydrogens is 672 g/mol. The van der Waals surface area contributed by atoms with Crippen molar-refractivity contribution in [1.82, 2.24) is 0 Å². The Hall–Kier alpha value is -4.50. The zero-order valence-corrected chi connectivity index (χ0v) is 33.5. The van der Waals surface area contributed by atoms with E-state index in [9.17, 15) is 34.5 Å². The molecule has 0 aliphatic carbocycles. The van der Waals surface area contributed by atoms with Crippen molar-refractivity contribution in [3.05, 3.63) is 115 Å². The van der Waals surface area contributed by atoms with Crippen molar-refractivity contribution in [3.8, 4) is 11.5 Å². The van der Waals surface area contributed by atoms with Gasteiger partial charge in [0, 0.05) is 29.9 Å². The second kappa shape index (κ2) is 23.9. The number of rotatable bonds is 19. The highest BCUT2D eigenvalue weighted by molar-refractivity contribution is 6.09. The molecule has 53 heavy (non-hydrogen) atoms. The topological polar surface area (TPSA) is 155 Å². The number of Topliss-reactive ketones (excluding diaryl/α,β-unsaturated/α-hetero) is 2. The Labute approximate surface area is 315 Å². The van der Waals surface area contributed by atoms with Crippen molar-refractivity contribution in [3.63, 3.8) is 0 Å². The smallest absolute Gasteiger partial charge is 0.351 e. The Morgan fingerprint density at radius 1 is 0.736 bits per heavy atom. The Bertz CT molecular complexity index is 1760.